The summed E-state index contributed by atoms with van der Waals surface area (Å²) in [4.78, 5) is 26.8. The van der Waals surface area contributed by atoms with Crippen molar-refractivity contribution >= 4 is 11.9 Å². The van der Waals surface area contributed by atoms with Crippen molar-refractivity contribution in [2.24, 2.45) is 5.92 Å². The van der Waals surface area contributed by atoms with E-state index in [1.807, 2.05) is 9.80 Å². The van der Waals surface area contributed by atoms with E-state index in [1.165, 1.54) is 6.42 Å². The largest absolute Gasteiger partial charge is 0.481 e. The number of aliphatic carboxylic acids is 1. The quantitative estimate of drug-likeness (QED) is 0.675. The molecule has 1 aliphatic heterocycles. The number of nitrogens with zero attached hydrogens (tertiary/aromatic N) is 2. The first-order chi connectivity index (χ1) is 9.54. The zero-order valence-corrected chi connectivity index (χ0v) is 12.3. The third kappa shape index (κ3) is 5.88. The van der Waals surface area contributed by atoms with E-state index in [9.17, 15) is 9.59 Å². The molecule has 1 unspecified atom stereocenters. The molecule has 0 aliphatic carbocycles. The van der Waals surface area contributed by atoms with Crippen molar-refractivity contribution in [1.29, 1.82) is 0 Å². The molecule has 1 atom stereocenters. The standard InChI is InChI=1S/C14H26N2O4/c1-12(14(19)20)10-15(6-5-9-17)11-13(18)16-7-3-2-4-8-16/h12,17H,2-11H2,1H3,(H,19,20). The number of likely N-dealkylation sites (tertiary alicyclic amines) is 1. The second kappa shape index (κ2) is 8.92. The highest BCUT2D eigenvalue weighted by Crippen LogP contribution is 2.10. The number of piperidine rings is 1. The van der Waals surface area contributed by atoms with Crippen LogP contribution in [0.1, 0.15) is 32.6 Å². The monoisotopic (exact) mass is 286 g/mol. The van der Waals surface area contributed by atoms with E-state index >= 15 is 0 Å². The number of hydrogen-bond acceptors (Lipinski definition) is 4. The molecule has 1 aliphatic rings. The number of amides is 1. The Labute approximate surface area is 120 Å². The van der Waals surface area contributed by atoms with Gasteiger partial charge in [0.15, 0.2) is 0 Å². The minimum atomic E-state index is -0.857. The van der Waals surface area contributed by atoms with E-state index in [4.69, 9.17) is 10.2 Å². The molecule has 6 nitrogen and oxygen atoms in total. The van der Waals surface area contributed by atoms with Gasteiger partial charge in [-0.2, -0.15) is 0 Å². The third-order valence-corrected chi connectivity index (χ3v) is 3.65. The summed E-state index contributed by atoms with van der Waals surface area (Å²) in [5.74, 6) is -1.30. The Morgan fingerprint density at radius 3 is 2.45 bits per heavy atom. The van der Waals surface area contributed by atoms with E-state index in [0.29, 0.717) is 19.5 Å². The Hall–Kier alpha value is -1.14. The van der Waals surface area contributed by atoms with Crippen LogP contribution < -0.4 is 0 Å². The zero-order valence-electron chi connectivity index (χ0n) is 12.3. The molecule has 1 fully saturated rings. The van der Waals surface area contributed by atoms with Gasteiger partial charge in [-0.15, -0.1) is 0 Å². The van der Waals surface area contributed by atoms with Crippen LogP contribution in [0.4, 0.5) is 0 Å². The van der Waals surface area contributed by atoms with Crippen LogP contribution in [0.15, 0.2) is 0 Å². The molecule has 20 heavy (non-hydrogen) atoms. The predicted octanol–water partition coefficient (Wildman–Crippen LogP) is 0.404. The molecule has 0 saturated carbocycles. The SMILES string of the molecule is CC(CN(CCCO)CC(=O)N1CCCCC1)C(=O)O. The summed E-state index contributed by atoms with van der Waals surface area (Å²) >= 11 is 0. The predicted molar refractivity (Wildman–Crippen MR) is 75.4 cm³/mol. The maximum atomic E-state index is 12.2. The lowest BCUT2D eigenvalue weighted by Gasteiger charge is -2.30. The van der Waals surface area contributed by atoms with Crippen LogP contribution in [-0.2, 0) is 9.59 Å². The van der Waals surface area contributed by atoms with Gasteiger partial charge in [-0.25, -0.2) is 0 Å². The van der Waals surface area contributed by atoms with E-state index < -0.39 is 11.9 Å². The summed E-state index contributed by atoms with van der Waals surface area (Å²) < 4.78 is 0. The molecule has 0 aromatic carbocycles. The Morgan fingerprint density at radius 1 is 1.25 bits per heavy atom. The van der Waals surface area contributed by atoms with Crippen LogP contribution in [0.3, 0.4) is 0 Å². The Kier molecular flexibility index (Phi) is 7.54. The fraction of sp³-hybridized carbons (Fsp3) is 0.857. The molecule has 116 valence electrons. The number of carbonyl (C=O) groups excluding carboxylic acids is 1. The number of hydrogen-bond donors (Lipinski definition) is 2. The van der Waals surface area contributed by atoms with Crippen molar-refractivity contribution in [2.45, 2.75) is 32.6 Å². The Bertz CT molecular complexity index is 316. The van der Waals surface area contributed by atoms with E-state index in [2.05, 4.69) is 0 Å². The van der Waals surface area contributed by atoms with Crippen molar-refractivity contribution in [3.05, 3.63) is 0 Å². The summed E-state index contributed by atoms with van der Waals surface area (Å²) in [6.07, 6.45) is 3.83. The normalized spacial score (nSPS) is 17.2. The van der Waals surface area contributed by atoms with Gasteiger partial charge < -0.3 is 15.1 Å². The number of aliphatic hydroxyl groups excluding tert-OH is 1. The summed E-state index contributed by atoms with van der Waals surface area (Å²) in [5, 5.41) is 17.9. The lowest BCUT2D eigenvalue weighted by molar-refractivity contribution is -0.143. The molecule has 0 aromatic rings. The third-order valence-electron chi connectivity index (χ3n) is 3.65. The number of aliphatic hydroxyl groups is 1. The summed E-state index contributed by atoms with van der Waals surface area (Å²) in [7, 11) is 0. The van der Waals surface area contributed by atoms with Gasteiger partial charge in [-0.3, -0.25) is 14.5 Å². The van der Waals surface area contributed by atoms with Crippen LogP contribution in [0, 0.1) is 5.92 Å². The maximum absolute atomic E-state index is 12.2. The van der Waals surface area contributed by atoms with Gasteiger partial charge in [0.2, 0.25) is 5.91 Å². The van der Waals surface area contributed by atoms with E-state index in [-0.39, 0.29) is 19.1 Å². The second-order valence-corrected chi connectivity index (χ2v) is 5.49. The van der Waals surface area contributed by atoms with Crippen molar-refractivity contribution in [3.8, 4) is 0 Å². The molecule has 1 saturated heterocycles. The van der Waals surface area contributed by atoms with Crippen molar-refractivity contribution in [3.63, 3.8) is 0 Å². The Morgan fingerprint density at radius 2 is 1.90 bits per heavy atom. The summed E-state index contributed by atoms with van der Waals surface area (Å²) in [6.45, 7) is 4.44. The van der Waals surface area contributed by atoms with E-state index in [0.717, 1.165) is 25.9 Å². The average molecular weight is 286 g/mol. The first kappa shape index (κ1) is 16.9. The van der Waals surface area contributed by atoms with Gasteiger partial charge in [0.05, 0.1) is 12.5 Å². The highest BCUT2D eigenvalue weighted by molar-refractivity contribution is 5.78. The van der Waals surface area contributed by atoms with Crippen molar-refractivity contribution < 1.29 is 19.8 Å². The number of carboxylic acid groups (broad SMARTS) is 1. The minimum absolute atomic E-state index is 0.0514. The number of carbonyl (C=O) groups is 2. The average Bonchev–Trinajstić information content (AvgIpc) is 2.45. The molecule has 0 radical (unpaired) electrons. The molecular formula is C14H26N2O4. The van der Waals surface area contributed by atoms with Gasteiger partial charge in [0, 0.05) is 32.8 Å². The summed E-state index contributed by atoms with van der Waals surface area (Å²) in [5.41, 5.74) is 0. The van der Waals surface area contributed by atoms with Crippen LogP contribution in [0.2, 0.25) is 0 Å². The first-order valence-corrected chi connectivity index (χ1v) is 7.38. The highest BCUT2D eigenvalue weighted by Gasteiger charge is 2.22. The van der Waals surface area contributed by atoms with Crippen molar-refractivity contribution in [2.75, 3.05) is 39.3 Å². The molecule has 0 aromatic heterocycles. The molecular weight excluding hydrogens is 260 g/mol. The topological polar surface area (TPSA) is 81.1 Å². The number of carboxylic acids is 1. The van der Waals surface area contributed by atoms with Gasteiger partial charge in [0.1, 0.15) is 0 Å². The second-order valence-electron chi connectivity index (χ2n) is 5.49. The summed E-state index contributed by atoms with van der Waals surface area (Å²) in [6, 6.07) is 0. The van der Waals surface area contributed by atoms with Crippen LogP contribution >= 0.6 is 0 Å². The molecule has 1 heterocycles. The lowest BCUT2D eigenvalue weighted by Crippen LogP contribution is -2.44. The van der Waals surface area contributed by atoms with Gasteiger partial charge in [0.25, 0.3) is 0 Å². The smallest absolute Gasteiger partial charge is 0.307 e. The van der Waals surface area contributed by atoms with Crippen LogP contribution in [0.25, 0.3) is 0 Å². The fourth-order valence-electron chi connectivity index (χ4n) is 2.43. The van der Waals surface area contributed by atoms with E-state index in [1.54, 1.807) is 6.92 Å². The number of rotatable bonds is 8. The van der Waals surface area contributed by atoms with Gasteiger partial charge >= 0.3 is 5.97 Å². The molecule has 1 rings (SSSR count). The molecule has 6 heteroatoms. The first-order valence-electron chi connectivity index (χ1n) is 7.38. The lowest BCUT2D eigenvalue weighted by atomic mass is 10.1. The van der Waals surface area contributed by atoms with Crippen LogP contribution in [0.5, 0.6) is 0 Å². The fourth-order valence-corrected chi connectivity index (χ4v) is 2.43. The molecule has 0 bridgehead atoms. The zero-order chi connectivity index (χ0) is 15.0. The molecule has 1 amide bonds. The molecule has 2 N–H and O–H groups in total. The van der Waals surface area contributed by atoms with Crippen molar-refractivity contribution in [1.82, 2.24) is 9.80 Å². The maximum Gasteiger partial charge on any atom is 0.307 e. The van der Waals surface area contributed by atoms with Gasteiger partial charge in [-0.1, -0.05) is 6.92 Å². The minimum Gasteiger partial charge on any atom is -0.481 e. The van der Waals surface area contributed by atoms with Crippen LogP contribution in [-0.4, -0.2) is 71.2 Å². The Balaban J connectivity index is 2.49. The van der Waals surface area contributed by atoms with Gasteiger partial charge in [-0.05, 0) is 25.7 Å². The highest BCUT2D eigenvalue weighted by atomic mass is 16.4. The molecule has 0 spiro atoms.